The molecule has 89 valence electrons. The summed E-state index contributed by atoms with van der Waals surface area (Å²) in [7, 11) is 0. The van der Waals surface area contributed by atoms with E-state index in [-0.39, 0.29) is 6.09 Å². The highest BCUT2D eigenvalue weighted by atomic mass is 16.5. The minimum absolute atomic E-state index is 0.386. The van der Waals surface area contributed by atoms with Gasteiger partial charge in [-0.3, -0.25) is 0 Å². The third kappa shape index (κ3) is 11.2. The molecule has 0 rings (SSSR count). The van der Waals surface area contributed by atoms with Crippen molar-refractivity contribution in [2.45, 2.75) is 58.8 Å². The third-order valence-corrected chi connectivity index (χ3v) is 2.23. The average Bonchev–Trinajstić information content (AvgIpc) is 2.24. The lowest BCUT2D eigenvalue weighted by Gasteiger charge is -2.04. The van der Waals surface area contributed by atoms with Crippen LogP contribution in [-0.4, -0.2) is 19.2 Å². The van der Waals surface area contributed by atoms with Crippen molar-refractivity contribution in [3.8, 4) is 0 Å². The highest BCUT2D eigenvalue weighted by molar-refractivity contribution is 5.66. The Morgan fingerprint density at radius 3 is 2.33 bits per heavy atom. The first-order valence-corrected chi connectivity index (χ1v) is 6.15. The second-order valence-corrected chi connectivity index (χ2v) is 3.76. The quantitative estimate of drug-likeness (QED) is 0.551. The van der Waals surface area contributed by atoms with Gasteiger partial charge in [0.2, 0.25) is 0 Å². The van der Waals surface area contributed by atoms with Crippen LogP contribution >= 0.6 is 0 Å². The van der Waals surface area contributed by atoms with Crippen LogP contribution < -0.4 is 5.32 Å². The van der Waals surface area contributed by atoms with Gasteiger partial charge in [-0.15, -0.1) is 0 Å². The molecule has 0 atom stereocenters. The summed E-state index contributed by atoms with van der Waals surface area (Å²) in [6.45, 7) is 5.43. The smallest absolute Gasteiger partial charge is 0.428 e. The summed E-state index contributed by atoms with van der Waals surface area (Å²) in [5.41, 5.74) is 0. The predicted molar refractivity (Wildman–Crippen MR) is 62.0 cm³/mol. The lowest BCUT2D eigenvalue weighted by molar-refractivity contribution is 0.142. The summed E-state index contributed by atoms with van der Waals surface area (Å²) in [4.78, 5) is 11.1. The average molecular weight is 214 g/mol. The van der Waals surface area contributed by atoms with Crippen molar-refractivity contribution in [2.24, 2.45) is 0 Å². The highest BCUT2D eigenvalue weighted by Crippen LogP contribution is 1.99. The van der Waals surface area contributed by atoms with Crippen molar-refractivity contribution in [3.05, 3.63) is 0 Å². The van der Waals surface area contributed by atoms with E-state index in [1.54, 1.807) is 0 Å². The van der Waals surface area contributed by atoms with Crippen LogP contribution in [0.1, 0.15) is 58.8 Å². The molecule has 0 fully saturated rings. The maximum atomic E-state index is 11.1. The van der Waals surface area contributed by atoms with Gasteiger partial charge in [0.15, 0.2) is 0 Å². The molecular formula is C12H24NO2. The van der Waals surface area contributed by atoms with Gasteiger partial charge in [-0.25, -0.2) is 10.1 Å². The van der Waals surface area contributed by atoms with Crippen LogP contribution in [0.25, 0.3) is 0 Å². The molecule has 0 saturated heterocycles. The van der Waals surface area contributed by atoms with Gasteiger partial charge in [-0.2, -0.15) is 0 Å². The van der Waals surface area contributed by atoms with E-state index in [0.29, 0.717) is 13.2 Å². The Hall–Kier alpha value is -0.730. The van der Waals surface area contributed by atoms with Crippen molar-refractivity contribution in [1.82, 2.24) is 5.32 Å². The summed E-state index contributed by atoms with van der Waals surface area (Å²) >= 11 is 0. The summed E-state index contributed by atoms with van der Waals surface area (Å²) in [6.07, 6.45) is 7.41. The molecule has 1 radical (unpaired) electrons. The topological polar surface area (TPSA) is 40.4 Å². The van der Waals surface area contributed by atoms with Gasteiger partial charge in [0.05, 0.1) is 6.61 Å². The maximum Gasteiger partial charge on any atom is 0.428 e. The standard InChI is InChI=1S/C12H24NO2/c1-3-5-7-9-11-15-12(14)13-10-8-6-4-2/h3-11H2,1-2H3. The minimum Gasteiger partial charge on any atom is -0.448 e. The Morgan fingerprint density at radius 1 is 1.00 bits per heavy atom. The van der Waals surface area contributed by atoms with Gasteiger partial charge < -0.3 is 4.74 Å². The Morgan fingerprint density at radius 2 is 1.67 bits per heavy atom. The predicted octanol–water partition coefficient (Wildman–Crippen LogP) is 3.50. The molecule has 0 aromatic rings. The second-order valence-electron chi connectivity index (χ2n) is 3.76. The van der Waals surface area contributed by atoms with Crippen LogP contribution in [0.5, 0.6) is 0 Å². The SMILES string of the molecule is CCCCCCOC(=O)[N]CCCCC. The number of rotatable bonds is 9. The molecule has 0 N–H and O–H groups in total. The van der Waals surface area contributed by atoms with Crippen LogP contribution in [-0.2, 0) is 4.74 Å². The molecule has 15 heavy (non-hydrogen) atoms. The summed E-state index contributed by atoms with van der Waals surface area (Å²) < 4.78 is 4.96. The molecular weight excluding hydrogens is 190 g/mol. The molecule has 1 amide bonds. The van der Waals surface area contributed by atoms with E-state index in [1.807, 2.05) is 0 Å². The lowest BCUT2D eigenvalue weighted by Crippen LogP contribution is -2.18. The second kappa shape index (κ2) is 11.3. The van der Waals surface area contributed by atoms with E-state index in [0.717, 1.165) is 32.1 Å². The van der Waals surface area contributed by atoms with E-state index < -0.39 is 0 Å². The highest BCUT2D eigenvalue weighted by Gasteiger charge is 2.01. The van der Waals surface area contributed by atoms with Crippen molar-refractivity contribution >= 4 is 6.09 Å². The molecule has 0 aliphatic carbocycles. The molecule has 0 aromatic heterocycles. The third-order valence-electron chi connectivity index (χ3n) is 2.23. The molecule has 0 aromatic carbocycles. The first kappa shape index (κ1) is 14.3. The van der Waals surface area contributed by atoms with Gasteiger partial charge in [0.1, 0.15) is 0 Å². The van der Waals surface area contributed by atoms with Crippen LogP contribution in [0.15, 0.2) is 0 Å². The van der Waals surface area contributed by atoms with Crippen molar-refractivity contribution < 1.29 is 9.53 Å². The molecule has 0 spiro atoms. The number of ether oxygens (including phenoxy) is 1. The molecule has 3 heteroatoms. The first-order valence-electron chi connectivity index (χ1n) is 6.15. The first-order chi connectivity index (χ1) is 7.31. The number of nitrogens with zero attached hydrogens (tertiary/aromatic N) is 1. The normalized spacial score (nSPS) is 10.0. The van der Waals surface area contributed by atoms with Gasteiger partial charge in [-0.1, -0.05) is 46.0 Å². The lowest BCUT2D eigenvalue weighted by atomic mass is 10.2. The van der Waals surface area contributed by atoms with Crippen molar-refractivity contribution in [1.29, 1.82) is 0 Å². The monoisotopic (exact) mass is 214 g/mol. The molecule has 3 nitrogen and oxygen atoms in total. The zero-order valence-corrected chi connectivity index (χ0v) is 10.1. The van der Waals surface area contributed by atoms with E-state index in [4.69, 9.17) is 4.74 Å². The summed E-state index contributed by atoms with van der Waals surface area (Å²) in [5, 5.41) is 3.82. The minimum atomic E-state index is -0.386. The zero-order valence-electron chi connectivity index (χ0n) is 10.1. The van der Waals surface area contributed by atoms with Crippen LogP contribution in [0.3, 0.4) is 0 Å². The van der Waals surface area contributed by atoms with E-state index in [9.17, 15) is 4.79 Å². The van der Waals surface area contributed by atoms with Crippen LogP contribution in [0.2, 0.25) is 0 Å². The molecule has 0 aliphatic rings. The molecule has 0 aliphatic heterocycles. The molecule has 0 heterocycles. The van der Waals surface area contributed by atoms with Crippen molar-refractivity contribution in [2.75, 3.05) is 13.2 Å². The van der Waals surface area contributed by atoms with E-state index in [1.165, 1.54) is 12.8 Å². The number of unbranched alkanes of at least 4 members (excludes halogenated alkanes) is 5. The fraction of sp³-hybridized carbons (Fsp3) is 0.917. The maximum absolute atomic E-state index is 11.1. The van der Waals surface area contributed by atoms with E-state index in [2.05, 4.69) is 19.2 Å². The number of carbonyl (C=O) groups is 1. The number of hydrogen-bond acceptors (Lipinski definition) is 2. The molecule has 0 unspecified atom stereocenters. The summed E-state index contributed by atoms with van der Waals surface area (Å²) in [5.74, 6) is 0. The fourth-order valence-corrected chi connectivity index (χ4v) is 1.27. The largest absolute Gasteiger partial charge is 0.448 e. The Bertz CT molecular complexity index is 149. The van der Waals surface area contributed by atoms with Gasteiger partial charge >= 0.3 is 6.09 Å². The number of amides is 1. The molecule has 0 bridgehead atoms. The Balaban J connectivity index is 3.11. The zero-order chi connectivity index (χ0) is 11.4. The van der Waals surface area contributed by atoms with E-state index >= 15 is 0 Å². The number of carbonyl (C=O) groups excluding carboxylic acids is 1. The van der Waals surface area contributed by atoms with Crippen LogP contribution in [0, 0.1) is 0 Å². The number of hydrogen-bond donors (Lipinski definition) is 0. The molecule has 0 saturated carbocycles. The Labute approximate surface area is 93.6 Å². The summed E-state index contributed by atoms with van der Waals surface area (Å²) in [6, 6.07) is 0. The van der Waals surface area contributed by atoms with Crippen LogP contribution in [0.4, 0.5) is 4.79 Å². The van der Waals surface area contributed by atoms with Crippen molar-refractivity contribution in [3.63, 3.8) is 0 Å². The van der Waals surface area contributed by atoms with Gasteiger partial charge in [-0.05, 0) is 12.8 Å². The van der Waals surface area contributed by atoms with Gasteiger partial charge in [0.25, 0.3) is 0 Å². The van der Waals surface area contributed by atoms with Gasteiger partial charge in [0, 0.05) is 6.54 Å². The fourth-order valence-electron chi connectivity index (χ4n) is 1.27. The Kier molecular flexibility index (Phi) is 10.8.